The first-order chi connectivity index (χ1) is 8.57. The first-order valence-corrected chi connectivity index (χ1v) is 6.78. The maximum absolute atomic E-state index is 12.2. The summed E-state index contributed by atoms with van der Waals surface area (Å²) in [6.45, 7) is 0.317. The Morgan fingerprint density at radius 3 is 2.50 bits per heavy atom. The SMILES string of the molecule is COc1ccc(S(=O)(=O)N2C=C(C#N)CC2)cc1. The van der Waals surface area contributed by atoms with Crippen molar-refractivity contribution in [2.75, 3.05) is 13.7 Å². The van der Waals surface area contributed by atoms with Crippen molar-refractivity contribution in [3.63, 3.8) is 0 Å². The van der Waals surface area contributed by atoms with E-state index in [1.807, 2.05) is 6.07 Å². The minimum atomic E-state index is -3.56. The summed E-state index contributed by atoms with van der Waals surface area (Å²) in [6.07, 6.45) is 1.85. The molecule has 0 amide bonds. The van der Waals surface area contributed by atoms with E-state index in [4.69, 9.17) is 10.00 Å². The van der Waals surface area contributed by atoms with Crippen molar-refractivity contribution >= 4 is 10.0 Å². The molecule has 0 unspecified atom stereocenters. The van der Waals surface area contributed by atoms with Gasteiger partial charge in [0.15, 0.2) is 0 Å². The average molecular weight is 264 g/mol. The minimum Gasteiger partial charge on any atom is -0.497 e. The van der Waals surface area contributed by atoms with E-state index in [2.05, 4.69) is 0 Å². The summed E-state index contributed by atoms with van der Waals surface area (Å²) in [7, 11) is -2.04. The fourth-order valence-electron chi connectivity index (χ4n) is 1.69. The number of benzene rings is 1. The van der Waals surface area contributed by atoms with Crippen LogP contribution in [0.1, 0.15) is 6.42 Å². The number of hydrogen-bond donors (Lipinski definition) is 0. The number of nitrogens with zero attached hydrogens (tertiary/aromatic N) is 2. The van der Waals surface area contributed by atoms with Crippen LogP contribution in [0.3, 0.4) is 0 Å². The molecule has 1 aliphatic heterocycles. The molecule has 0 radical (unpaired) electrons. The summed E-state index contributed by atoms with van der Waals surface area (Å²) >= 11 is 0. The highest BCUT2D eigenvalue weighted by Crippen LogP contribution is 2.24. The fourth-order valence-corrected chi connectivity index (χ4v) is 3.04. The van der Waals surface area contributed by atoms with Crippen molar-refractivity contribution in [1.29, 1.82) is 5.26 Å². The second-order valence-electron chi connectivity index (χ2n) is 3.81. The highest BCUT2D eigenvalue weighted by molar-refractivity contribution is 7.89. The highest BCUT2D eigenvalue weighted by atomic mass is 32.2. The zero-order valence-corrected chi connectivity index (χ0v) is 10.6. The van der Waals surface area contributed by atoms with Gasteiger partial charge in [0.1, 0.15) is 5.75 Å². The van der Waals surface area contributed by atoms with Crippen molar-refractivity contribution in [3.05, 3.63) is 36.0 Å². The normalized spacial score (nSPS) is 15.1. The molecular formula is C12H12N2O3S. The molecule has 2 rings (SSSR count). The van der Waals surface area contributed by atoms with Crippen LogP contribution in [0.5, 0.6) is 5.75 Å². The Bertz CT molecular complexity index is 612. The van der Waals surface area contributed by atoms with Crippen molar-refractivity contribution in [1.82, 2.24) is 4.31 Å². The van der Waals surface area contributed by atoms with Crippen LogP contribution in [0.4, 0.5) is 0 Å². The van der Waals surface area contributed by atoms with Crippen molar-refractivity contribution in [2.24, 2.45) is 0 Å². The van der Waals surface area contributed by atoms with Gasteiger partial charge in [-0.1, -0.05) is 0 Å². The lowest BCUT2D eigenvalue weighted by atomic mass is 10.3. The molecule has 18 heavy (non-hydrogen) atoms. The van der Waals surface area contributed by atoms with Gasteiger partial charge in [-0.25, -0.2) is 8.42 Å². The van der Waals surface area contributed by atoms with Crippen LogP contribution in [0.15, 0.2) is 40.9 Å². The van der Waals surface area contributed by atoms with E-state index in [-0.39, 0.29) is 4.90 Å². The molecule has 6 heteroatoms. The molecule has 5 nitrogen and oxygen atoms in total. The van der Waals surface area contributed by atoms with Crippen LogP contribution in [-0.4, -0.2) is 26.4 Å². The van der Waals surface area contributed by atoms with Crippen molar-refractivity contribution in [2.45, 2.75) is 11.3 Å². The van der Waals surface area contributed by atoms with Gasteiger partial charge in [-0.3, -0.25) is 4.31 Å². The highest BCUT2D eigenvalue weighted by Gasteiger charge is 2.25. The predicted octanol–water partition coefficient (Wildman–Crippen LogP) is 1.50. The van der Waals surface area contributed by atoms with E-state index in [0.717, 1.165) is 0 Å². The monoisotopic (exact) mass is 264 g/mol. The maximum atomic E-state index is 12.2. The number of nitriles is 1. The molecule has 1 aromatic rings. The van der Waals surface area contributed by atoms with Crippen molar-refractivity contribution in [3.8, 4) is 11.8 Å². The molecule has 0 spiro atoms. The third-order valence-corrected chi connectivity index (χ3v) is 4.48. The molecule has 1 heterocycles. The topological polar surface area (TPSA) is 70.4 Å². The second kappa shape index (κ2) is 4.70. The molecule has 1 aromatic carbocycles. The number of rotatable bonds is 3. The standard InChI is InChI=1S/C12H12N2O3S/c1-17-11-2-4-12(5-3-11)18(15,16)14-7-6-10(8-13)9-14/h2-5,9H,6-7H2,1H3. The first kappa shape index (κ1) is 12.5. The molecule has 94 valence electrons. The molecular weight excluding hydrogens is 252 g/mol. The zero-order chi connectivity index (χ0) is 13.2. The number of ether oxygens (including phenoxy) is 1. The third-order valence-electron chi connectivity index (χ3n) is 2.71. The quantitative estimate of drug-likeness (QED) is 0.829. The van der Waals surface area contributed by atoms with Crippen LogP contribution in [0.25, 0.3) is 0 Å². The van der Waals surface area contributed by atoms with Crippen LogP contribution >= 0.6 is 0 Å². The van der Waals surface area contributed by atoms with Crippen LogP contribution < -0.4 is 4.74 Å². The molecule has 0 saturated carbocycles. The average Bonchev–Trinajstić information content (AvgIpc) is 2.88. The fraction of sp³-hybridized carbons (Fsp3) is 0.250. The molecule has 0 aromatic heterocycles. The minimum absolute atomic E-state index is 0.193. The third kappa shape index (κ3) is 2.17. The second-order valence-corrected chi connectivity index (χ2v) is 5.70. The van der Waals surface area contributed by atoms with Crippen LogP contribution in [0, 0.1) is 11.3 Å². The van der Waals surface area contributed by atoms with Gasteiger partial charge >= 0.3 is 0 Å². The predicted molar refractivity (Wildman–Crippen MR) is 65.2 cm³/mol. The van der Waals surface area contributed by atoms with Gasteiger partial charge in [-0.2, -0.15) is 5.26 Å². The summed E-state index contributed by atoms with van der Waals surface area (Å²) < 4.78 is 30.6. The summed E-state index contributed by atoms with van der Waals surface area (Å²) in [5.74, 6) is 0.601. The molecule has 0 fully saturated rings. The number of methoxy groups -OCH3 is 1. The van der Waals surface area contributed by atoms with E-state index in [9.17, 15) is 8.42 Å². The van der Waals surface area contributed by atoms with E-state index < -0.39 is 10.0 Å². The Labute approximate surface area is 106 Å². The van der Waals surface area contributed by atoms with E-state index >= 15 is 0 Å². The molecule has 1 aliphatic rings. The van der Waals surface area contributed by atoms with Crippen LogP contribution in [-0.2, 0) is 10.0 Å². The molecule has 0 bridgehead atoms. The Morgan fingerprint density at radius 1 is 1.33 bits per heavy atom. The van der Waals surface area contributed by atoms with Gasteiger partial charge in [0, 0.05) is 24.7 Å². The smallest absolute Gasteiger partial charge is 0.263 e. The van der Waals surface area contributed by atoms with Gasteiger partial charge in [0.25, 0.3) is 10.0 Å². The van der Waals surface area contributed by atoms with Gasteiger partial charge in [-0.15, -0.1) is 0 Å². The summed E-state index contributed by atoms with van der Waals surface area (Å²) in [4.78, 5) is 0.193. The number of hydrogen-bond acceptors (Lipinski definition) is 4. The molecule has 0 atom stereocenters. The number of sulfonamides is 1. The molecule has 0 aliphatic carbocycles. The van der Waals surface area contributed by atoms with E-state index in [1.165, 1.54) is 29.7 Å². The first-order valence-electron chi connectivity index (χ1n) is 5.34. The summed E-state index contributed by atoms with van der Waals surface area (Å²) in [5, 5.41) is 8.73. The lowest BCUT2D eigenvalue weighted by Gasteiger charge is -2.15. The maximum Gasteiger partial charge on any atom is 0.263 e. The lowest BCUT2D eigenvalue weighted by molar-refractivity contribution is 0.414. The van der Waals surface area contributed by atoms with Crippen LogP contribution in [0.2, 0.25) is 0 Å². The van der Waals surface area contributed by atoms with Gasteiger partial charge in [0.05, 0.1) is 18.1 Å². The Morgan fingerprint density at radius 2 is 2.00 bits per heavy atom. The largest absolute Gasteiger partial charge is 0.497 e. The van der Waals surface area contributed by atoms with Gasteiger partial charge in [-0.05, 0) is 24.3 Å². The Kier molecular flexibility index (Phi) is 3.26. The Hall–Kier alpha value is -2.00. The molecule has 0 saturated heterocycles. The zero-order valence-electron chi connectivity index (χ0n) is 9.83. The molecule has 0 N–H and O–H groups in total. The van der Waals surface area contributed by atoms with Crippen molar-refractivity contribution < 1.29 is 13.2 Å². The van der Waals surface area contributed by atoms with E-state index in [1.54, 1.807) is 12.1 Å². The van der Waals surface area contributed by atoms with Gasteiger partial charge in [0.2, 0.25) is 0 Å². The Balaban J connectivity index is 2.32. The summed E-state index contributed by atoms with van der Waals surface area (Å²) in [5.41, 5.74) is 0.479. The van der Waals surface area contributed by atoms with E-state index in [0.29, 0.717) is 24.3 Å². The summed E-state index contributed by atoms with van der Waals surface area (Å²) in [6, 6.07) is 8.15. The lowest BCUT2D eigenvalue weighted by Crippen LogP contribution is -2.23. The van der Waals surface area contributed by atoms with Gasteiger partial charge < -0.3 is 4.74 Å².